The van der Waals surface area contributed by atoms with E-state index in [1.807, 2.05) is 36.4 Å². The molecule has 1 fully saturated rings. The Labute approximate surface area is 156 Å². The van der Waals surface area contributed by atoms with Gasteiger partial charge in [-0.05, 0) is 6.92 Å². The van der Waals surface area contributed by atoms with Crippen molar-refractivity contribution >= 4 is 17.7 Å². The number of rotatable bonds is 6. The Balaban J connectivity index is 1.45. The molecule has 7 nitrogen and oxygen atoms in total. The van der Waals surface area contributed by atoms with Crippen LogP contribution >= 0.6 is 11.8 Å². The third-order valence-electron chi connectivity index (χ3n) is 4.27. The topological polar surface area (TPSA) is 69.2 Å². The lowest BCUT2D eigenvalue weighted by Crippen LogP contribution is -2.38. The molecule has 0 amide bonds. The minimum Gasteiger partial charge on any atom is -0.378 e. The van der Waals surface area contributed by atoms with Crippen LogP contribution in [0.4, 0.5) is 5.95 Å². The second-order valence-corrected chi connectivity index (χ2v) is 6.91. The predicted molar refractivity (Wildman–Crippen MR) is 100 cm³/mol. The summed E-state index contributed by atoms with van der Waals surface area (Å²) in [7, 11) is 0. The maximum Gasteiger partial charge on any atom is 0.228 e. The molecule has 4 rings (SSSR count). The van der Waals surface area contributed by atoms with Crippen LogP contribution in [0.2, 0.25) is 0 Å². The Morgan fingerprint density at radius 2 is 1.92 bits per heavy atom. The molecule has 136 valence electrons. The van der Waals surface area contributed by atoms with E-state index in [0.29, 0.717) is 5.75 Å². The Bertz CT molecular complexity index is 842. The van der Waals surface area contributed by atoms with Gasteiger partial charge in [-0.2, -0.15) is 0 Å². The summed E-state index contributed by atoms with van der Waals surface area (Å²) in [4.78, 5) is 2.23. The van der Waals surface area contributed by atoms with Crippen molar-refractivity contribution in [2.75, 3.05) is 31.2 Å². The van der Waals surface area contributed by atoms with Crippen LogP contribution in [0.25, 0.3) is 11.3 Å². The lowest BCUT2D eigenvalue weighted by atomic mass is 10.2. The third kappa shape index (κ3) is 3.61. The van der Waals surface area contributed by atoms with E-state index in [2.05, 4.69) is 31.7 Å². The highest BCUT2D eigenvalue weighted by molar-refractivity contribution is 7.98. The van der Waals surface area contributed by atoms with Crippen LogP contribution in [-0.4, -0.2) is 46.2 Å². The highest BCUT2D eigenvalue weighted by Crippen LogP contribution is 2.27. The SMILES string of the molecule is CCn1c(SCc2cc(-c3ccccc3)on2)nnc1N1CCOCC1. The molecule has 1 aliphatic rings. The van der Waals surface area contributed by atoms with Gasteiger partial charge in [0.25, 0.3) is 0 Å². The molecule has 2 aromatic heterocycles. The van der Waals surface area contributed by atoms with Crippen molar-refractivity contribution < 1.29 is 9.26 Å². The summed E-state index contributed by atoms with van der Waals surface area (Å²) in [6.07, 6.45) is 0. The summed E-state index contributed by atoms with van der Waals surface area (Å²) in [5.41, 5.74) is 1.93. The molecule has 0 bridgehead atoms. The van der Waals surface area contributed by atoms with Crippen LogP contribution in [0, 0.1) is 0 Å². The van der Waals surface area contributed by atoms with Crippen LogP contribution in [-0.2, 0) is 17.0 Å². The van der Waals surface area contributed by atoms with Crippen molar-refractivity contribution in [2.24, 2.45) is 0 Å². The van der Waals surface area contributed by atoms with Crippen LogP contribution in [0.1, 0.15) is 12.6 Å². The van der Waals surface area contributed by atoms with Crippen molar-refractivity contribution in [2.45, 2.75) is 24.4 Å². The van der Waals surface area contributed by atoms with E-state index in [-0.39, 0.29) is 0 Å². The number of hydrogen-bond donors (Lipinski definition) is 0. The number of benzene rings is 1. The first kappa shape index (κ1) is 17.1. The quantitative estimate of drug-likeness (QED) is 0.617. The minimum atomic E-state index is 0.692. The molecule has 26 heavy (non-hydrogen) atoms. The fraction of sp³-hybridized carbons (Fsp3) is 0.389. The van der Waals surface area contributed by atoms with Crippen LogP contribution < -0.4 is 4.90 Å². The van der Waals surface area contributed by atoms with E-state index in [4.69, 9.17) is 9.26 Å². The molecule has 1 aromatic carbocycles. The molecule has 0 N–H and O–H groups in total. The molecular weight excluding hydrogens is 350 g/mol. The Morgan fingerprint density at radius 1 is 1.12 bits per heavy atom. The molecule has 8 heteroatoms. The average Bonchev–Trinajstić information content (AvgIpc) is 3.34. The van der Waals surface area contributed by atoms with Crippen LogP contribution in [0.5, 0.6) is 0 Å². The van der Waals surface area contributed by atoms with E-state index >= 15 is 0 Å². The third-order valence-corrected chi connectivity index (χ3v) is 5.27. The van der Waals surface area contributed by atoms with Gasteiger partial charge in [0.15, 0.2) is 10.9 Å². The summed E-state index contributed by atoms with van der Waals surface area (Å²) in [6.45, 7) is 6.12. The molecule has 1 aliphatic heterocycles. The Morgan fingerprint density at radius 3 is 2.69 bits per heavy atom. The standard InChI is InChI=1S/C18H21N5O2S/c1-2-23-17(22-8-10-24-11-9-22)19-20-18(23)26-13-15-12-16(25-21-15)14-6-4-3-5-7-14/h3-7,12H,2,8-11,13H2,1H3. The lowest BCUT2D eigenvalue weighted by molar-refractivity contribution is 0.121. The van der Waals surface area contributed by atoms with Crippen molar-refractivity contribution in [3.8, 4) is 11.3 Å². The molecule has 0 aliphatic carbocycles. The van der Waals surface area contributed by atoms with Crippen LogP contribution in [0.15, 0.2) is 46.1 Å². The maximum atomic E-state index is 5.47. The van der Waals surface area contributed by atoms with Crippen molar-refractivity contribution in [1.82, 2.24) is 19.9 Å². The van der Waals surface area contributed by atoms with Crippen molar-refractivity contribution in [1.29, 1.82) is 0 Å². The summed E-state index contributed by atoms with van der Waals surface area (Å²) in [5.74, 6) is 2.40. The number of morpholine rings is 1. The molecular formula is C18H21N5O2S. The smallest absolute Gasteiger partial charge is 0.228 e. The van der Waals surface area contributed by atoms with Crippen molar-refractivity contribution in [3.63, 3.8) is 0 Å². The minimum absolute atomic E-state index is 0.692. The van der Waals surface area contributed by atoms with Gasteiger partial charge in [0, 0.05) is 37.0 Å². The fourth-order valence-corrected chi connectivity index (χ4v) is 3.80. The van der Waals surface area contributed by atoms with E-state index in [1.165, 1.54) is 0 Å². The first-order valence-corrected chi connectivity index (χ1v) is 9.73. The highest BCUT2D eigenvalue weighted by Gasteiger charge is 2.20. The molecule has 1 saturated heterocycles. The zero-order chi connectivity index (χ0) is 17.8. The lowest BCUT2D eigenvalue weighted by Gasteiger charge is -2.27. The van der Waals surface area contributed by atoms with Gasteiger partial charge in [-0.3, -0.25) is 4.57 Å². The van der Waals surface area contributed by atoms with E-state index < -0.39 is 0 Å². The molecule has 0 spiro atoms. The second-order valence-electron chi connectivity index (χ2n) is 5.96. The number of anilines is 1. The van der Waals surface area contributed by atoms with Crippen LogP contribution in [0.3, 0.4) is 0 Å². The maximum absolute atomic E-state index is 5.47. The summed E-state index contributed by atoms with van der Waals surface area (Å²) in [5, 5.41) is 13.9. The highest BCUT2D eigenvalue weighted by atomic mass is 32.2. The van der Waals surface area contributed by atoms with Gasteiger partial charge in [0.05, 0.1) is 18.9 Å². The molecule has 3 aromatic rings. The zero-order valence-corrected chi connectivity index (χ0v) is 15.5. The van der Waals surface area contributed by atoms with E-state index in [9.17, 15) is 0 Å². The normalized spacial score (nSPS) is 14.7. The number of thioether (sulfide) groups is 1. The summed E-state index contributed by atoms with van der Waals surface area (Å²) >= 11 is 1.63. The first-order chi connectivity index (χ1) is 12.8. The monoisotopic (exact) mass is 371 g/mol. The van der Waals surface area contributed by atoms with Gasteiger partial charge in [-0.15, -0.1) is 10.2 Å². The molecule has 3 heterocycles. The predicted octanol–water partition coefficient (Wildman–Crippen LogP) is 3.08. The van der Waals surface area contributed by atoms with Gasteiger partial charge in [-0.1, -0.05) is 47.3 Å². The Kier molecular flexibility index (Phi) is 5.21. The second kappa shape index (κ2) is 7.92. The summed E-state index contributed by atoms with van der Waals surface area (Å²) < 4.78 is 13.0. The van der Waals surface area contributed by atoms with Crippen molar-refractivity contribution in [3.05, 3.63) is 42.1 Å². The first-order valence-electron chi connectivity index (χ1n) is 8.75. The number of nitrogens with zero attached hydrogens (tertiary/aromatic N) is 5. The zero-order valence-electron chi connectivity index (χ0n) is 14.7. The molecule has 0 atom stereocenters. The van der Waals surface area contributed by atoms with Gasteiger partial charge < -0.3 is 14.2 Å². The molecule has 0 unspecified atom stereocenters. The molecule has 0 radical (unpaired) electrons. The Hall–Kier alpha value is -2.32. The fourth-order valence-electron chi connectivity index (χ4n) is 2.92. The summed E-state index contributed by atoms with van der Waals surface area (Å²) in [6, 6.07) is 12.0. The van der Waals surface area contributed by atoms with Gasteiger partial charge in [-0.25, -0.2) is 0 Å². The van der Waals surface area contributed by atoms with Gasteiger partial charge >= 0.3 is 0 Å². The average molecular weight is 371 g/mol. The van der Waals surface area contributed by atoms with Gasteiger partial charge in [0.1, 0.15) is 0 Å². The molecule has 0 saturated carbocycles. The van der Waals surface area contributed by atoms with E-state index in [0.717, 1.165) is 61.0 Å². The number of hydrogen-bond acceptors (Lipinski definition) is 7. The number of aromatic nitrogens is 4. The number of ether oxygens (including phenoxy) is 1. The van der Waals surface area contributed by atoms with E-state index in [1.54, 1.807) is 11.8 Å². The van der Waals surface area contributed by atoms with Gasteiger partial charge in [0.2, 0.25) is 5.95 Å². The largest absolute Gasteiger partial charge is 0.378 e.